The lowest BCUT2D eigenvalue weighted by atomic mass is 9.92. The summed E-state index contributed by atoms with van der Waals surface area (Å²) >= 11 is 0. The van der Waals surface area contributed by atoms with Crippen molar-refractivity contribution < 1.29 is 46.8 Å². The normalized spacial score (nSPS) is 24.4. The van der Waals surface area contributed by atoms with Crippen LogP contribution in [-0.4, -0.2) is 100 Å². The van der Waals surface area contributed by atoms with Crippen LogP contribution in [0.25, 0.3) is 5.57 Å². The maximum atomic E-state index is 14.3. The van der Waals surface area contributed by atoms with Gasteiger partial charge < -0.3 is 33.7 Å². The highest BCUT2D eigenvalue weighted by Gasteiger charge is 2.47. The van der Waals surface area contributed by atoms with Crippen molar-refractivity contribution in [2.24, 2.45) is 0 Å². The number of phenolic OH excluding ortho intramolecular Hbond substituents is 1. The van der Waals surface area contributed by atoms with E-state index in [0.29, 0.717) is 26.1 Å². The van der Waals surface area contributed by atoms with Crippen LogP contribution in [0.4, 0.5) is 10.5 Å². The van der Waals surface area contributed by atoms with Gasteiger partial charge in [-0.3, -0.25) is 4.79 Å². The first-order chi connectivity index (χ1) is 23.6. The third-order valence-corrected chi connectivity index (χ3v) is 11.3. The lowest BCUT2D eigenvalue weighted by Gasteiger charge is -2.42. The van der Waals surface area contributed by atoms with Crippen LogP contribution in [0.1, 0.15) is 60.9 Å². The number of methoxy groups -OCH3 is 1. The number of aromatic hydroxyl groups is 1. The van der Waals surface area contributed by atoms with Crippen LogP contribution in [0, 0.1) is 0 Å². The molecule has 0 bridgehead atoms. The van der Waals surface area contributed by atoms with Crippen LogP contribution >= 0.6 is 0 Å². The highest BCUT2D eigenvalue weighted by Crippen LogP contribution is 2.43. The summed E-state index contributed by atoms with van der Waals surface area (Å²) in [6.45, 7) is 4.74. The summed E-state index contributed by atoms with van der Waals surface area (Å²) in [5.41, 5.74) is 1.83. The molecule has 0 saturated carbocycles. The molecule has 3 unspecified atom stereocenters. The number of fused-ring (bicyclic) bond motifs is 2. The summed E-state index contributed by atoms with van der Waals surface area (Å²) in [6.07, 6.45) is 5.36. The molecule has 2 aromatic rings. The number of ether oxygens (including phenoxy) is 5. The number of sulfonamides is 1. The number of carbonyl (C=O) groups is 2. The second-order valence-electron chi connectivity index (χ2n) is 12.4. The van der Waals surface area contributed by atoms with Gasteiger partial charge in [0.15, 0.2) is 24.0 Å². The zero-order valence-electron chi connectivity index (χ0n) is 27.8. The summed E-state index contributed by atoms with van der Waals surface area (Å²) in [4.78, 5) is 31.1. The van der Waals surface area contributed by atoms with E-state index in [1.54, 1.807) is 29.2 Å². The van der Waals surface area contributed by atoms with Gasteiger partial charge in [0.05, 0.1) is 29.3 Å². The summed E-state index contributed by atoms with van der Waals surface area (Å²) in [5, 5.41) is 10.8. The molecule has 2 amide bonds. The van der Waals surface area contributed by atoms with Crippen molar-refractivity contribution in [3.05, 3.63) is 66.3 Å². The molecule has 0 aliphatic carbocycles. The SMILES string of the molecule is C=CCOC(=O)N1c2cc(O)c(OC)cc2C(=O)N2CC=C(c3ccc(S(=O)(=O)N(C)C4CCCCO4)cc3)C[C@H]2C1OC1CCCCO1. The Morgan fingerprint density at radius 2 is 1.84 bits per heavy atom. The topological polar surface area (TPSA) is 144 Å². The Bertz CT molecular complexity index is 1680. The van der Waals surface area contributed by atoms with Crippen molar-refractivity contribution in [2.75, 3.05) is 45.4 Å². The van der Waals surface area contributed by atoms with Gasteiger partial charge in [0.2, 0.25) is 10.0 Å². The maximum absolute atomic E-state index is 14.3. The van der Waals surface area contributed by atoms with Crippen LogP contribution in [0.15, 0.2) is 60.0 Å². The van der Waals surface area contributed by atoms with Gasteiger partial charge in [0, 0.05) is 32.9 Å². The summed E-state index contributed by atoms with van der Waals surface area (Å²) in [5.74, 6) is -0.583. The highest BCUT2D eigenvalue weighted by molar-refractivity contribution is 7.89. The molecule has 2 saturated heterocycles. The van der Waals surface area contributed by atoms with E-state index in [1.807, 2.05) is 6.08 Å². The Hall–Kier alpha value is -3.95. The average Bonchev–Trinajstić information content (AvgIpc) is 3.22. The van der Waals surface area contributed by atoms with Gasteiger partial charge in [0.1, 0.15) is 12.8 Å². The van der Waals surface area contributed by atoms with Crippen molar-refractivity contribution in [1.82, 2.24) is 9.21 Å². The van der Waals surface area contributed by atoms with Crippen molar-refractivity contribution in [3.63, 3.8) is 0 Å². The molecule has 0 aromatic heterocycles. The standard InChI is InChI=1S/C35H43N3O10S/c1-4-17-47-35(41)38-27-22-29(39)30(44-3)21-26(27)33(40)37-16-15-24(20-28(37)34(38)48-32-10-6-8-19-46-32)23-11-13-25(14-12-23)49(42,43)36(2)31-9-5-7-18-45-31/h4,11-15,21-22,28,31-32,34,39H,1,5-10,16-20H2,2-3H3/t28-,31?,32?,34?/m0/s1. The maximum Gasteiger partial charge on any atom is 0.416 e. The predicted molar refractivity (Wildman–Crippen MR) is 180 cm³/mol. The molecule has 2 fully saturated rings. The smallest absolute Gasteiger partial charge is 0.416 e. The van der Waals surface area contributed by atoms with Crippen molar-refractivity contribution in [3.8, 4) is 11.5 Å². The third kappa shape index (κ3) is 7.06. The van der Waals surface area contributed by atoms with Gasteiger partial charge in [-0.15, -0.1) is 0 Å². The lowest BCUT2D eigenvalue weighted by molar-refractivity contribution is -0.196. The molecule has 4 aliphatic rings. The first kappa shape index (κ1) is 34.9. The minimum Gasteiger partial charge on any atom is -0.504 e. The van der Waals surface area contributed by atoms with E-state index in [1.165, 1.54) is 41.6 Å². The average molecular weight is 698 g/mol. The fourth-order valence-electron chi connectivity index (χ4n) is 6.74. The molecule has 6 rings (SSSR count). The Balaban J connectivity index is 1.36. The van der Waals surface area contributed by atoms with Crippen molar-refractivity contribution in [1.29, 1.82) is 0 Å². The second kappa shape index (κ2) is 14.9. The minimum absolute atomic E-state index is 0.0713. The van der Waals surface area contributed by atoms with E-state index < -0.39 is 40.9 Å². The Labute approximate surface area is 286 Å². The number of hydrogen-bond acceptors (Lipinski definition) is 10. The monoisotopic (exact) mass is 697 g/mol. The molecule has 14 heteroatoms. The third-order valence-electron chi connectivity index (χ3n) is 9.41. The second-order valence-corrected chi connectivity index (χ2v) is 14.4. The molecule has 1 N–H and O–H groups in total. The van der Waals surface area contributed by atoms with Gasteiger partial charge in [-0.25, -0.2) is 18.1 Å². The van der Waals surface area contributed by atoms with E-state index in [0.717, 1.165) is 36.8 Å². The molecular weight excluding hydrogens is 654 g/mol. The van der Waals surface area contributed by atoms with Gasteiger partial charge in [-0.1, -0.05) is 30.9 Å². The number of hydrogen-bond donors (Lipinski definition) is 1. The number of benzene rings is 2. The molecule has 4 heterocycles. The molecule has 264 valence electrons. The van der Waals surface area contributed by atoms with Crippen LogP contribution in [0.2, 0.25) is 0 Å². The first-order valence-corrected chi connectivity index (χ1v) is 18.0. The Morgan fingerprint density at radius 1 is 1.10 bits per heavy atom. The van der Waals surface area contributed by atoms with Crippen LogP contribution < -0.4 is 9.64 Å². The fourth-order valence-corrected chi connectivity index (χ4v) is 8.03. The summed E-state index contributed by atoms with van der Waals surface area (Å²) in [7, 11) is -0.886. The van der Waals surface area contributed by atoms with Crippen molar-refractivity contribution >= 4 is 33.3 Å². The van der Waals surface area contributed by atoms with Gasteiger partial charge >= 0.3 is 6.09 Å². The van der Waals surface area contributed by atoms with Crippen molar-refractivity contribution in [2.45, 2.75) is 74.6 Å². The van der Waals surface area contributed by atoms with Crippen LogP contribution in [0.3, 0.4) is 0 Å². The first-order valence-electron chi connectivity index (χ1n) is 16.6. The molecule has 49 heavy (non-hydrogen) atoms. The summed E-state index contributed by atoms with van der Waals surface area (Å²) in [6, 6.07) is 8.64. The minimum atomic E-state index is -3.80. The summed E-state index contributed by atoms with van der Waals surface area (Å²) < 4.78 is 57.2. The number of phenols is 1. The molecule has 2 aromatic carbocycles. The highest BCUT2D eigenvalue weighted by atomic mass is 32.2. The molecule has 0 radical (unpaired) electrons. The van der Waals surface area contributed by atoms with E-state index in [-0.39, 0.29) is 53.1 Å². The van der Waals surface area contributed by atoms with Crippen LogP contribution in [-0.2, 0) is 29.0 Å². The molecule has 13 nitrogen and oxygen atoms in total. The number of nitrogens with zero attached hydrogens (tertiary/aromatic N) is 3. The van der Waals surface area contributed by atoms with E-state index in [2.05, 4.69) is 6.58 Å². The van der Waals surface area contributed by atoms with E-state index in [9.17, 15) is 23.1 Å². The molecule has 4 atom stereocenters. The van der Waals surface area contributed by atoms with Gasteiger partial charge in [-0.05, 0) is 74.3 Å². The zero-order valence-corrected chi connectivity index (χ0v) is 28.6. The Kier molecular flexibility index (Phi) is 10.6. The van der Waals surface area contributed by atoms with Gasteiger partial charge in [0.25, 0.3) is 5.91 Å². The predicted octanol–water partition coefficient (Wildman–Crippen LogP) is 4.86. The lowest BCUT2D eigenvalue weighted by Crippen LogP contribution is -2.57. The van der Waals surface area contributed by atoms with Crippen LogP contribution in [0.5, 0.6) is 11.5 Å². The molecular formula is C35H43N3O10S. The fraction of sp³-hybridized carbons (Fsp3) is 0.486. The van der Waals surface area contributed by atoms with Gasteiger partial charge in [-0.2, -0.15) is 4.31 Å². The van der Waals surface area contributed by atoms with E-state index in [4.69, 9.17) is 23.7 Å². The quantitative estimate of drug-likeness (QED) is 0.361. The number of amides is 2. The van der Waals surface area contributed by atoms with E-state index >= 15 is 0 Å². The largest absolute Gasteiger partial charge is 0.504 e. The zero-order chi connectivity index (χ0) is 34.7. The number of carbonyl (C=O) groups excluding carboxylic acids is 2. The number of rotatable bonds is 9. The molecule has 4 aliphatic heterocycles. The Morgan fingerprint density at radius 3 is 2.49 bits per heavy atom. The molecule has 0 spiro atoms. The number of anilines is 1.